The summed E-state index contributed by atoms with van der Waals surface area (Å²) < 4.78 is 4.46. The number of hydrogen-bond donors (Lipinski definition) is 2. The van der Waals surface area contributed by atoms with Crippen LogP contribution in [0.4, 0.5) is 0 Å². The van der Waals surface area contributed by atoms with E-state index in [0.717, 1.165) is 0 Å². The third-order valence-corrected chi connectivity index (χ3v) is 2.23. The lowest BCUT2D eigenvalue weighted by Gasteiger charge is -2.14. The van der Waals surface area contributed by atoms with E-state index in [9.17, 15) is 14.4 Å². The Hall–Kier alpha value is -1.59. The summed E-state index contributed by atoms with van der Waals surface area (Å²) in [4.78, 5) is 33.3. The van der Waals surface area contributed by atoms with E-state index >= 15 is 0 Å². The van der Waals surface area contributed by atoms with E-state index in [1.54, 1.807) is 0 Å². The van der Waals surface area contributed by atoms with Crippen LogP contribution < -0.4 is 10.6 Å². The van der Waals surface area contributed by atoms with Crippen molar-refractivity contribution in [2.75, 3.05) is 7.11 Å². The predicted octanol–water partition coefficient (Wildman–Crippen LogP) is -1.06. The third-order valence-electron chi connectivity index (χ3n) is 2.23. The molecule has 1 aliphatic rings. The minimum Gasteiger partial charge on any atom is -0.467 e. The number of hydrogen-bond acceptors (Lipinski definition) is 4. The quantitative estimate of drug-likeness (QED) is 0.587. The fourth-order valence-electron chi connectivity index (χ4n) is 1.36. The van der Waals surface area contributed by atoms with Gasteiger partial charge in [0.05, 0.1) is 7.11 Å². The van der Waals surface area contributed by atoms with Crippen LogP contribution >= 0.6 is 0 Å². The Morgan fingerprint density at radius 3 is 2.73 bits per heavy atom. The summed E-state index contributed by atoms with van der Waals surface area (Å²) in [6, 6.07) is -1.22. The molecule has 0 aromatic carbocycles. The summed E-state index contributed by atoms with van der Waals surface area (Å²) in [5.74, 6) is -0.993. The smallest absolute Gasteiger partial charge is 0.328 e. The first-order valence-electron chi connectivity index (χ1n) is 4.72. The van der Waals surface area contributed by atoms with Crippen molar-refractivity contribution in [2.24, 2.45) is 0 Å². The number of nitrogens with one attached hydrogen (secondary N) is 2. The van der Waals surface area contributed by atoms with Gasteiger partial charge in [0.1, 0.15) is 12.1 Å². The van der Waals surface area contributed by atoms with Gasteiger partial charge >= 0.3 is 5.97 Å². The minimum atomic E-state index is -0.694. The number of carbonyl (C=O) groups is 3. The molecule has 15 heavy (non-hydrogen) atoms. The predicted molar refractivity (Wildman–Crippen MR) is 50.8 cm³/mol. The molecular weight excluding hydrogens is 200 g/mol. The molecule has 0 aromatic rings. The van der Waals surface area contributed by atoms with Crippen molar-refractivity contribution >= 4 is 17.8 Å². The lowest BCUT2D eigenvalue weighted by Crippen LogP contribution is -2.47. The SMILES string of the molecule is COC(=O)[C@@H](C)NC(=O)[C@@H]1CCC(=O)N1. The maximum atomic E-state index is 11.5. The molecular formula is C9H14N2O4. The highest BCUT2D eigenvalue weighted by molar-refractivity contribution is 5.92. The topological polar surface area (TPSA) is 84.5 Å². The fraction of sp³-hybridized carbons (Fsp3) is 0.667. The van der Waals surface area contributed by atoms with Gasteiger partial charge in [-0.3, -0.25) is 9.59 Å². The molecule has 6 nitrogen and oxygen atoms in total. The van der Waals surface area contributed by atoms with E-state index in [1.165, 1.54) is 14.0 Å². The van der Waals surface area contributed by atoms with E-state index in [4.69, 9.17) is 0 Å². The fourth-order valence-corrected chi connectivity index (χ4v) is 1.36. The summed E-state index contributed by atoms with van der Waals surface area (Å²) in [7, 11) is 1.25. The van der Waals surface area contributed by atoms with Crippen molar-refractivity contribution in [3.63, 3.8) is 0 Å². The van der Waals surface area contributed by atoms with Crippen molar-refractivity contribution in [3.05, 3.63) is 0 Å². The lowest BCUT2D eigenvalue weighted by atomic mass is 10.2. The molecule has 2 N–H and O–H groups in total. The second-order valence-electron chi connectivity index (χ2n) is 3.41. The van der Waals surface area contributed by atoms with Crippen LogP contribution in [0.1, 0.15) is 19.8 Å². The number of ether oxygens (including phenoxy) is 1. The molecule has 0 saturated carbocycles. The minimum absolute atomic E-state index is 0.138. The molecule has 1 rings (SSSR count). The van der Waals surface area contributed by atoms with Gasteiger partial charge in [0.2, 0.25) is 11.8 Å². The normalized spacial score (nSPS) is 21.7. The van der Waals surface area contributed by atoms with Gasteiger partial charge in [-0.05, 0) is 13.3 Å². The van der Waals surface area contributed by atoms with E-state index in [0.29, 0.717) is 12.8 Å². The zero-order chi connectivity index (χ0) is 11.4. The van der Waals surface area contributed by atoms with Gasteiger partial charge in [-0.1, -0.05) is 0 Å². The molecule has 1 aliphatic heterocycles. The average molecular weight is 214 g/mol. The molecule has 1 fully saturated rings. The molecule has 2 amide bonds. The summed E-state index contributed by atoms with van der Waals surface area (Å²) in [6.07, 6.45) is 0.823. The maximum Gasteiger partial charge on any atom is 0.328 e. The van der Waals surface area contributed by atoms with Crippen molar-refractivity contribution in [2.45, 2.75) is 31.8 Å². The zero-order valence-corrected chi connectivity index (χ0v) is 8.70. The molecule has 0 bridgehead atoms. The Kier molecular flexibility index (Phi) is 3.65. The second-order valence-corrected chi connectivity index (χ2v) is 3.41. The van der Waals surface area contributed by atoms with Crippen LogP contribution in [0.25, 0.3) is 0 Å². The van der Waals surface area contributed by atoms with E-state index in [-0.39, 0.29) is 11.8 Å². The molecule has 0 aliphatic carbocycles. The van der Waals surface area contributed by atoms with E-state index < -0.39 is 18.1 Å². The highest BCUT2D eigenvalue weighted by atomic mass is 16.5. The Bertz CT molecular complexity index is 290. The third kappa shape index (κ3) is 2.93. The summed E-state index contributed by atoms with van der Waals surface area (Å²) in [6.45, 7) is 1.53. The number of amides is 2. The summed E-state index contributed by atoms with van der Waals surface area (Å²) >= 11 is 0. The lowest BCUT2D eigenvalue weighted by molar-refractivity contribution is -0.144. The van der Waals surface area contributed by atoms with E-state index in [2.05, 4.69) is 15.4 Å². The first-order chi connectivity index (χ1) is 7.04. The Labute approximate surface area is 87.4 Å². The highest BCUT2D eigenvalue weighted by Gasteiger charge is 2.29. The number of carbonyl (C=O) groups excluding carboxylic acids is 3. The first-order valence-corrected chi connectivity index (χ1v) is 4.72. The van der Waals surface area contributed by atoms with Gasteiger partial charge in [0.15, 0.2) is 0 Å². The van der Waals surface area contributed by atoms with Crippen LogP contribution in [-0.2, 0) is 19.1 Å². The van der Waals surface area contributed by atoms with Crippen LogP contribution in [0.2, 0.25) is 0 Å². The van der Waals surface area contributed by atoms with E-state index in [1.807, 2.05) is 0 Å². The second kappa shape index (κ2) is 4.77. The van der Waals surface area contributed by atoms with Gasteiger partial charge in [0.25, 0.3) is 0 Å². The standard InChI is InChI=1S/C9H14N2O4/c1-5(9(14)15-2)10-8(13)6-3-4-7(12)11-6/h5-6H,3-4H2,1-2H3,(H,10,13)(H,11,12)/t5-,6+/m1/s1. The molecule has 1 saturated heterocycles. The molecule has 0 aromatic heterocycles. The van der Waals surface area contributed by atoms with Gasteiger partial charge in [-0.2, -0.15) is 0 Å². The molecule has 0 unspecified atom stereocenters. The molecule has 2 atom stereocenters. The summed E-state index contributed by atoms with van der Waals surface area (Å²) in [5, 5.41) is 4.98. The zero-order valence-electron chi connectivity index (χ0n) is 8.70. The first kappa shape index (κ1) is 11.5. The van der Waals surface area contributed by atoms with Gasteiger partial charge in [-0.25, -0.2) is 4.79 Å². The summed E-state index contributed by atoms with van der Waals surface area (Å²) in [5.41, 5.74) is 0. The molecule has 1 heterocycles. The molecule has 84 valence electrons. The van der Waals surface area contributed by atoms with Crippen LogP contribution in [0.5, 0.6) is 0 Å². The number of esters is 1. The number of methoxy groups -OCH3 is 1. The monoisotopic (exact) mass is 214 g/mol. The molecule has 0 radical (unpaired) electrons. The average Bonchev–Trinajstić information content (AvgIpc) is 2.63. The highest BCUT2D eigenvalue weighted by Crippen LogP contribution is 2.06. The Morgan fingerprint density at radius 2 is 2.27 bits per heavy atom. The van der Waals surface area contributed by atoms with Crippen LogP contribution in [0.3, 0.4) is 0 Å². The van der Waals surface area contributed by atoms with Crippen molar-refractivity contribution in [1.82, 2.24) is 10.6 Å². The van der Waals surface area contributed by atoms with Crippen molar-refractivity contribution in [3.8, 4) is 0 Å². The maximum absolute atomic E-state index is 11.5. The Morgan fingerprint density at radius 1 is 1.60 bits per heavy atom. The van der Waals surface area contributed by atoms with Crippen LogP contribution in [0.15, 0.2) is 0 Å². The Balaban J connectivity index is 2.42. The van der Waals surface area contributed by atoms with Gasteiger partial charge < -0.3 is 15.4 Å². The van der Waals surface area contributed by atoms with Gasteiger partial charge in [0, 0.05) is 6.42 Å². The van der Waals surface area contributed by atoms with Crippen molar-refractivity contribution < 1.29 is 19.1 Å². The van der Waals surface area contributed by atoms with Gasteiger partial charge in [-0.15, -0.1) is 0 Å². The molecule has 6 heteroatoms. The van der Waals surface area contributed by atoms with Crippen molar-refractivity contribution in [1.29, 1.82) is 0 Å². The largest absolute Gasteiger partial charge is 0.467 e. The van der Waals surface area contributed by atoms with Crippen LogP contribution in [-0.4, -0.2) is 37.0 Å². The molecule has 0 spiro atoms. The number of rotatable bonds is 3. The van der Waals surface area contributed by atoms with Crippen LogP contribution in [0, 0.1) is 0 Å².